The van der Waals surface area contributed by atoms with Gasteiger partial charge in [-0.2, -0.15) is 23.4 Å². The molecular formula is C26H35F3N6O4. The number of rotatable bonds is 15. The first-order valence-electron chi connectivity index (χ1n) is 13.1. The van der Waals surface area contributed by atoms with Crippen LogP contribution in [0.15, 0.2) is 24.5 Å². The lowest BCUT2D eigenvalue weighted by Gasteiger charge is -2.24. The van der Waals surface area contributed by atoms with Crippen LogP contribution in [-0.4, -0.2) is 82.5 Å². The summed E-state index contributed by atoms with van der Waals surface area (Å²) in [4.78, 5) is 31.1. The maximum absolute atomic E-state index is 13.2. The molecule has 0 bridgehead atoms. The summed E-state index contributed by atoms with van der Waals surface area (Å²) >= 11 is 0. The molecule has 13 heteroatoms. The maximum Gasteiger partial charge on any atom is 0.418 e. The predicted molar refractivity (Wildman–Crippen MR) is 137 cm³/mol. The number of carbonyl (C=O) groups is 2. The number of nitrogens with zero attached hydrogens (tertiary/aromatic N) is 4. The second kappa shape index (κ2) is 14.7. The molecule has 2 aromatic heterocycles. The molecule has 0 saturated carbocycles. The Morgan fingerprint density at radius 1 is 1.18 bits per heavy atom. The van der Waals surface area contributed by atoms with E-state index in [1.54, 1.807) is 0 Å². The van der Waals surface area contributed by atoms with Gasteiger partial charge in [0.2, 0.25) is 0 Å². The summed E-state index contributed by atoms with van der Waals surface area (Å²) in [6.45, 7) is 5.34. The molecule has 1 aliphatic rings. The number of carboxylic acid groups (broad SMARTS) is 1. The van der Waals surface area contributed by atoms with E-state index in [1.165, 1.54) is 5.56 Å². The van der Waals surface area contributed by atoms with Crippen molar-refractivity contribution < 1.29 is 32.6 Å². The Labute approximate surface area is 225 Å². The van der Waals surface area contributed by atoms with Crippen molar-refractivity contribution in [1.82, 2.24) is 25.4 Å². The zero-order chi connectivity index (χ0) is 28.3. The molecule has 1 aliphatic heterocycles. The minimum absolute atomic E-state index is 0.00507. The smallest absolute Gasteiger partial charge is 0.418 e. The summed E-state index contributed by atoms with van der Waals surface area (Å²) in [7, 11) is 0. The molecule has 1 atom stereocenters. The molecule has 214 valence electrons. The van der Waals surface area contributed by atoms with Gasteiger partial charge in [-0.25, -0.2) is 9.78 Å². The van der Waals surface area contributed by atoms with E-state index in [-0.39, 0.29) is 6.42 Å². The summed E-state index contributed by atoms with van der Waals surface area (Å²) < 4.78 is 45.2. The molecule has 0 spiro atoms. The van der Waals surface area contributed by atoms with Crippen molar-refractivity contribution in [2.24, 2.45) is 0 Å². The number of amides is 1. The summed E-state index contributed by atoms with van der Waals surface area (Å²) in [5, 5.41) is 21.7. The largest absolute Gasteiger partial charge is 0.480 e. The minimum atomic E-state index is -4.83. The Balaban J connectivity index is 1.54. The highest BCUT2D eigenvalue weighted by Crippen LogP contribution is 2.31. The molecule has 0 saturated heterocycles. The van der Waals surface area contributed by atoms with Crippen LogP contribution in [0.5, 0.6) is 0 Å². The molecule has 39 heavy (non-hydrogen) atoms. The van der Waals surface area contributed by atoms with Crippen LogP contribution in [0, 0.1) is 0 Å². The van der Waals surface area contributed by atoms with Crippen LogP contribution in [0.2, 0.25) is 0 Å². The fourth-order valence-electron chi connectivity index (χ4n) is 4.36. The van der Waals surface area contributed by atoms with Crippen molar-refractivity contribution in [2.75, 3.05) is 44.7 Å². The molecule has 1 amide bonds. The molecule has 0 radical (unpaired) electrons. The van der Waals surface area contributed by atoms with E-state index in [4.69, 9.17) is 9.72 Å². The zero-order valence-corrected chi connectivity index (χ0v) is 22.0. The number of fused-ring (bicyclic) bond motifs is 1. The molecule has 3 heterocycles. The number of carbonyl (C=O) groups excluding carboxylic acids is 1. The average molecular weight is 553 g/mol. The Hall–Kier alpha value is -3.32. The third-order valence-electron chi connectivity index (χ3n) is 6.48. The van der Waals surface area contributed by atoms with Crippen molar-refractivity contribution in [1.29, 1.82) is 0 Å². The molecule has 1 unspecified atom stereocenters. The second-order valence-corrected chi connectivity index (χ2v) is 9.30. The van der Waals surface area contributed by atoms with Crippen LogP contribution in [0.25, 0.3) is 0 Å². The summed E-state index contributed by atoms with van der Waals surface area (Å²) in [6.07, 6.45) is 0.955. The normalized spacial score (nSPS) is 14.0. The van der Waals surface area contributed by atoms with E-state index >= 15 is 0 Å². The fraction of sp³-hybridized carbons (Fsp3) is 0.577. The molecular weight excluding hydrogens is 517 g/mol. The van der Waals surface area contributed by atoms with E-state index in [2.05, 4.69) is 33.0 Å². The van der Waals surface area contributed by atoms with Crippen LogP contribution in [0.1, 0.15) is 59.8 Å². The van der Waals surface area contributed by atoms with Crippen molar-refractivity contribution in [3.05, 3.63) is 46.9 Å². The lowest BCUT2D eigenvalue weighted by molar-refractivity contribution is -0.139. The Morgan fingerprint density at radius 2 is 1.97 bits per heavy atom. The lowest BCUT2D eigenvalue weighted by Crippen LogP contribution is -2.44. The number of halogens is 3. The monoisotopic (exact) mass is 552 g/mol. The Morgan fingerprint density at radius 3 is 2.72 bits per heavy atom. The Bertz CT molecular complexity index is 1100. The van der Waals surface area contributed by atoms with Crippen molar-refractivity contribution in [2.45, 2.75) is 57.7 Å². The van der Waals surface area contributed by atoms with Gasteiger partial charge in [0.25, 0.3) is 5.91 Å². The second-order valence-electron chi connectivity index (χ2n) is 9.30. The molecule has 0 aromatic carbocycles. The number of nitrogens with one attached hydrogen (secondary N) is 2. The third kappa shape index (κ3) is 9.43. The summed E-state index contributed by atoms with van der Waals surface area (Å²) in [6, 6.07) is 2.80. The van der Waals surface area contributed by atoms with Gasteiger partial charge in [-0.05, 0) is 63.6 Å². The molecule has 10 nitrogen and oxygen atoms in total. The van der Waals surface area contributed by atoms with Crippen molar-refractivity contribution in [3.63, 3.8) is 0 Å². The van der Waals surface area contributed by atoms with Crippen molar-refractivity contribution in [3.8, 4) is 0 Å². The van der Waals surface area contributed by atoms with Gasteiger partial charge in [-0.3, -0.25) is 4.79 Å². The number of pyridine rings is 1. The summed E-state index contributed by atoms with van der Waals surface area (Å²) in [5.74, 6) is -1.54. The van der Waals surface area contributed by atoms with Crippen molar-refractivity contribution >= 4 is 17.7 Å². The van der Waals surface area contributed by atoms with Gasteiger partial charge in [0.1, 0.15) is 11.9 Å². The maximum atomic E-state index is 13.2. The number of hydrogen-bond acceptors (Lipinski definition) is 8. The van der Waals surface area contributed by atoms with Gasteiger partial charge >= 0.3 is 12.1 Å². The van der Waals surface area contributed by atoms with Crippen LogP contribution < -0.4 is 10.6 Å². The van der Waals surface area contributed by atoms with Crippen LogP contribution in [0.4, 0.5) is 19.0 Å². The highest BCUT2D eigenvalue weighted by atomic mass is 19.4. The number of alkyl halides is 3. The molecule has 3 rings (SSSR count). The Kier molecular flexibility index (Phi) is 11.4. The fourth-order valence-corrected chi connectivity index (χ4v) is 4.36. The number of aliphatic carboxylic acids is 1. The van der Waals surface area contributed by atoms with Gasteiger partial charge in [-0.15, -0.1) is 0 Å². The van der Waals surface area contributed by atoms with E-state index in [0.29, 0.717) is 45.2 Å². The van der Waals surface area contributed by atoms with E-state index in [1.807, 2.05) is 11.8 Å². The zero-order valence-electron chi connectivity index (χ0n) is 22.0. The van der Waals surface area contributed by atoms with Gasteiger partial charge in [0, 0.05) is 31.9 Å². The van der Waals surface area contributed by atoms with E-state index < -0.39 is 35.2 Å². The number of aryl methyl sites for hydroxylation is 2. The van der Waals surface area contributed by atoms with E-state index in [0.717, 1.165) is 50.2 Å². The first-order chi connectivity index (χ1) is 18.7. The summed E-state index contributed by atoms with van der Waals surface area (Å²) in [5.41, 5.74) is 0.202. The number of aromatic nitrogens is 3. The van der Waals surface area contributed by atoms with Crippen LogP contribution in [-0.2, 0) is 28.5 Å². The lowest BCUT2D eigenvalue weighted by atomic mass is 10.1. The SMILES string of the molecule is CCOCCN(CCCCc1ccc2c(n1)NCCC2)CCC(NC(=O)c1cnncc1C(F)(F)F)C(=O)O. The van der Waals surface area contributed by atoms with Gasteiger partial charge in [-0.1, -0.05) is 6.07 Å². The molecule has 3 N–H and O–H groups in total. The quantitative estimate of drug-likeness (QED) is 0.285. The third-order valence-corrected chi connectivity index (χ3v) is 6.48. The highest BCUT2D eigenvalue weighted by molar-refractivity contribution is 5.97. The predicted octanol–water partition coefficient (Wildman–Crippen LogP) is 3.18. The minimum Gasteiger partial charge on any atom is -0.480 e. The number of unbranched alkanes of at least 4 members (excludes halogenated alkanes) is 1. The number of carboxylic acids is 1. The first kappa shape index (κ1) is 30.2. The van der Waals surface area contributed by atoms with Crippen LogP contribution >= 0.6 is 0 Å². The highest BCUT2D eigenvalue weighted by Gasteiger charge is 2.36. The average Bonchev–Trinajstić information content (AvgIpc) is 2.92. The number of hydrogen-bond donors (Lipinski definition) is 3. The topological polar surface area (TPSA) is 130 Å². The molecule has 0 fully saturated rings. The number of ether oxygens (including phenoxy) is 1. The standard InChI is InChI=1S/C26H35F3N6O4/c1-2-39-15-14-35(12-4-3-7-19-9-8-18-6-5-11-30-23(18)33-19)13-10-22(25(37)38)34-24(36)20-16-31-32-17-21(20)26(27,28)29/h8-9,16-17,22H,2-7,10-15H2,1H3,(H,30,33)(H,34,36)(H,37,38). The molecule has 0 aliphatic carbocycles. The number of anilines is 1. The first-order valence-corrected chi connectivity index (χ1v) is 13.1. The van der Waals surface area contributed by atoms with Crippen LogP contribution in [0.3, 0.4) is 0 Å². The van der Waals surface area contributed by atoms with E-state index in [9.17, 15) is 27.9 Å². The van der Waals surface area contributed by atoms with Gasteiger partial charge in [0.05, 0.1) is 30.1 Å². The van der Waals surface area contributed by atoms with Gasteiger partial charge in [0.15, 0.2) is 0 Å². The van der Waals surface area contributed by atoms with Gasteiger partial charge < -0.3 is 25.4 Å². The molecule has 2 aromatic rings.